The van der Waals surface area contributed by atoms with E-state index in [1.54, 1.807) is 0 Å². The second-order valence-electron chi connectivity index (χ2n) is 4.51. The number of carbonyl (C=O) groups is 1. The molecule has 1 aromatic carbocycles. The second kappa shape index (κ2) is 5.48. The molecule has 0 aliphatic heterocycles. The summed E-state index contributed by atoms with van der Waals surface area (Å²) in [6.45, 7) is 5.99. The van der Waals surface area contributed by atoms with Crippen LogP contribution in [0.5, 0.6) is 0 Å². The fraction of sp³-hybridized carbons (Fsp3) is 0.286. The summed E-state index contributed by atoms with van der Waals surface area (Å²) in [6, 6.07) is 6.21. The molecular weight excluding hydrogens is 260 g/mol. The van der Waals surface area contributed by atoms with Gasteiger partial charge in [0.15, 0.2) is 5.16 Å². The van der Waals surface area contributed by atoms with Gasteiger partial charge in [0.05, 0.1) is 17.1 Å². The lowest BCUT2D eigenvalue weighted by Gasteiger charge is -2.10. The minimum Gasteiger partial charge on any atom is -0.481 e. The summed E-state index contributed by atoms with van der Waals surface area (Å²) in [5, 5.41) is 9.50. The van der Waals surface area contributed by atoms with Gasteiger partial charge in [-0.2, -0.15) is 0 Å². The number of aliphatic carboxylic acids is 1. The van der Waals surface area contributed by atoms with E-state index in [2.05, 4.69) is 23.2 Å². The molecule has 1 heterocycles. The highest BCUT2D eigenvalue weighted by Crippen LogP contribution is 2.24. The largest absolute Gasteiger partial charge is 0.481 e. The van der Waals surface area contributed by atoms with Gasteiger partial charge in [0.25, 0.3) is 0 Å². The van der Waals surface area contributed by atoms with Crippen molar-refractivity contribution in [1.29, 1.82) is 0 Å². The lowest BCUT2D eigenvalue weighted by atomic mass is 10.1. The minimum atomic E-state index is -0.835. The first kappa shape index (κ1) is 13.7. The summed E-state index contributed by atoms with van der Waals surface area (Å²) in [5.74, 6) is -0.820. The van der Waals surface area contributed by atoms with Crippen molar-refractivity contribution in [2.75, 3.05) is 5.75 Å². The van der Waals surface area contributed by atoms with Crippen LogP contribution in [0.15, 0.2) is 29.6 Å². The average molecular weight is 276 g/mol. The second-order valence-corrected chi connectivity index (χ2v) is 5.45. The Morgan fingerprint density at radius 3 is 2.79 bits per heavy atom. The highest BCUT2D eigenvalue weighted by Gasteiger charge is 2.12. The number of carboxylic acids is 1. The Morgan fingerprint density at radius 1 is 1.37 bits per heavy atom. The molecule has 1 N–H and O–H groups in total. The predicted octanol–water partition coefficient (Wildman–Crippen LogP) is 2.97. The summed E-state index contributed by atoms with van der Waals surface area (Å²) >= 11 is 1.24. The maximum absolute atomic E-state index is 10.7. The van der Waals surface area contributed by atoms with Crippen molar-refractivity contribution in [3.8, 4) is 5.69 Å². The molecule has 2 aromatic rings. The van der Waals surface area contributed by atoms with Crippen LogP contribution in [0.1, 0.15) is 16.8 Å². The number of aryl methyl sites for hydroxylation is 3. The maximum atomic E-state index is 10.7. The van der Waals surface area contributed by atoms with Crippen LogP contribution in [0.4, 0.5) is 0 Å². The number of carboxylic acid groups (broad SMARTS) is 1. The third-order valence-corrected chi connectivity index (χ3v) is 3.68. The molecule has 0 spiro atoms. The molecule has 0 aliphatic carbocycles. The van der Waals surface area contributed by atoms with Gasteiger partial charge in [0.1, 0.15) is 0 Å². The smallest absolute Gasteiger partial charge is 0.313 e. The van der Waals surface area contributed by atoms with Crippen molar-refractivity contribution in [2.24, 2.45) is 0 Å². The zero-order valence-electron chi connectivity index (χ0n) is 11.2. The van der Waals surface area contributed by atoms with Crippen LogP contribution in [0, 0.1) is 20.8 Å². The molecule has 0 unspecified atom stereocenters. The van der Waals surface area contributed by atoms with Crippen molar-refractivity contribution in [2.45, 2.75) is 25.9 Å². The molecule has 100 valence electrons. The van der Waals surface area contributed by atoms with E-state index in [4.69, 9.17) is 5.11 Å². The number of nitrogens with zero attached hydrogens (tertiary/aromatic N) is 2. The summed E-state index contributed by atoms with van der Waals surface area (Å²) < 4.78 is 1.96. The number of rotatable bonds is 4. The summed E-state index contributed by atoms with van der Waals surface area (Å²) in [6.07, 6.45) is 1.94. The number of aromatic nitrogens is 2. The van der Waals surface area contributed by atoms with Gasteiger partial charge in [-0.1, -0.05) is 23.9 Å². The molecule has 2 rings (SSSR count). The molecule has 0 bridgehead atoms. The molecule has 0 saturated heterocycles. The maximum Gasteiger partial charge on any atom is 0.313 e. The third kappa shape index (κ3) is 3.17. The topological polar surface area (TPSA) is 55.1 Å². The van der Waals surface area contributed by atoms with Crippen LogP contribution in [0.2, 0.25) is 0 Å². The number of hydrogen-bond acceptors (Lipinski definition) is 3. The van der Waals surface area contributed by atoms with Crippen molar-refractivity contribution >= 4 is 17.7 Å². The van der Waals surface area contributed by atoms with Gasteiger partial charge in [0, 0.05) is 6.20 Å². The van der Waals surface area contributed by atoms with Crippen molar-refractivity contribution < 1.29 is 9.90 Å². The Morgan fingerprint density at radius 2 is 2.11 bits per heavy atom. The first-order valence-corrected chi connectivity index (χ1v) is 6.94. The molecule has 0 radical (unpaired) electrons. The van der Waals surface area contributed by atoms with E-state index in [9.17, 15) is 4.79 Å². The summed E-state index contributed by atoms with van der Waals surface area (Å²) in [7, 11) is 0. The van der Waals surface area contributed by atoms with Crippen molar-refractivity contribution in [3.63, 3.8) is 0 Å². The zero-order valence-corrected chi connectivity index (χ0v) is 12.0. The van der Waals surface area contributed by atoms with Gasteiger partial charge in [-0.3, -0.25) is 9.36 Å². The fourth-order valence-corrected chi connectivity index (χ4v) is 2.61. The molecule has 19 heavy (non-hydrogen) atoms. The molecule has 0 fully saturated rings. The highest BCUT2D eigenvalue weighted by molar-refractivity contribution is 7.99. The first-order valence-electron chi connectivity index (χ1n) is 5.95. The Hall–Kier alpha value is -1.75. The number of hydrogen-bond donors (Lipinski definition) is 1. The molecular formula is C14H16N2O2S. The minimum absolute atomic E-state index is 0.0152. The number of imidazole rings is 1. The zero-order chi connectivity index (χ0) is 14.0. The van der Waals surface area contributed by atoms with Gasteiger partial charge in [-0.05, 0) is 38.0 Å². The van der Waals surface area contributed by atoms with Crippen LogP contribution in [-0.4, -0.2) is 26.4 Å². The van der Waals surface area contributed by atoms with E-state index in [-0.39, 0.29) is 5.75 Å². The van der Waals surface area contributed by atoms with E-state index < -0.39 is 5.97 Å². The normalized spacial score (nSPS) is 10.7. The molecule has 0 atom stereocenters. The quantitative estimate of drug-likeness (QED) is 0.872. The van der Waals surface area contributed by atoms with Crippen molar-refractivity contribution in [1.82, 2.24) is 9.55 Å². The van der Waals surface area contributed by atoms with Gasteiger partial charge in [0.2, 0.25) is 0 Å². The monoisotopic (exact) mass is 276 g/mol. The predicted molar refractivity (Wildman–Crippen MR) is 76.1 cm³/mol. The van der Waals surface area contributed by atoms with Crippen LogP contribution in [-0.2, 0) is 4.79 Å². The van der Waals surface area contributed by atoms with Gasteiger partial charge in [-0.25, -0.2) is 4.98 Å². The highest BCUT2D eigenvalue weighted by atomic mass is 32.2. The Bertz CT molecular complexity index is 620. The van der Waals surface area contributed by atoms with Crippen LogP contribution >= 0.6 is 11.8 Å². The van der Waals surface area contributed by atoms with E-state index in [0.717, 1.165) is 16.9 Å². The van der Waals surface area contributed by atoms with E-state index >= 15 is 0 Å². The van der Waals surface area contributed by atoms with Gasteiger partial charge < -0.3 is 5.11 Å². The van der Waals surface area contributed by atoms with Crippen LogP contribution in [0.3, 0.4) is 0 Å². The number of thioether (sulfide) groups is 1. The molecule has 0 saturated carbocycles. The lowest BCUT2D eigenvalue weighted by Crippen LogP contribution is -2.02. The first-order chi connectivity index (χ1) is 8.97. The Labute approximate surface area is 116 Å². The van der Waals surface area contributed by atoms with Crippen molar-refractivity contribution in [3.05, 3.63) is 41.2 Å². The summed E-state index contributed by atoms with van der Waals surface area (Å²) in [4.78, 5) is 15.1. The number of benzene rings is 1. The third-order valence-electron chi connectivity index (χ3n) is 2.74. The molecule has 4 nitrogen and oxygen atoms in total. The van der Waals surface area contributed by atoms with E-state index in [1.807, 2.05) is 31.5 Å². The standard InChI is InChI=1S/C14H16N2O2S/c1-9-4-5-10(2)12(6-9)16-7-11(3)15-14(16)19-8-13(17)18/h4-7H,8H2,1-3H3,(H,17,18). The Kier molecular flexibility index (Phi) is 3.95. The SMILES string of the molecule is Cc1ccc(C)c(-n2cc(C)nc2SCC(=O)O)c1. The van der Waals surface area contributed by atoms with E-state index in [0.29, 0.717) is 5.16 Å². The molecule has 1 aromatic heterocycles. The Balaban J connectivity index is 2.43. The van der Waals surface area contributed by atoms with Crippen LogP contribution < -0.4 is 0 Å². The molecule has 0 amide bonds. The fourth-order valence-electron chi connectivity index (χ4n) is 1.86. The average Bonchev–Trinajstić information content (AvgIpc) is 2.71. The molecule has 5 heteroatoms. The summed E-state index contributed by atoms with van der Waals surface area (Å²) in [5.41, 5.74) is 4.24. The van der Waals surface area contributed by atoms with Crippen LogP contribution in [0.25, 0.3) is 5.69 Å². The molecule has 0 aliphatic rings. The van der Waals surface area contributed by atoms with Gasteiger partial charge >= 0.3 is 5.97 Å². The van der Waals surface area contributed by atoms with E-state index in [1.165, 1.54) is 17.3 Å². The van der Waals surface area contributed by atoms with Gasteiger partial charge in [-0.15, -0.1) is 0 Å². The lowest BCUT2D eigenvalue weighted by molar-refractivity contribution is -0.133.